The lowest BCUT2D eigenvalue weighted by atomic mass is 10.2. The van der Waals surface area contributed by atoms with E-state index >= 15 is 0 Å². The zero-order valence-corrected chi connectivity index (χ0v) is 9.18. The van der Waals surface area contributed by atoms with Gasteiger partial charge in [-0.1, -0.05) is 0 Å². The maximum Gasteiger partial charge on any atom is 0.133 e. The lowest BCUT2D eigenvalue weighted by molar-refractivity contribution is 0.566. The number of hydrogen-bond acceptors (Lipinski definition) is 3. The van der Waals surface area contributed by atoms with E-state index in [2.05, 4.69) is 15.3 Å². The maximum atomic E-state index is 4.33. The molecule has 0 aliphatic rings. The molecule has 0 aromatic carbocycles. The van der Waals surface area contributed by atoms with Crippen LogP contribution in [0.5, 0.6) is 0 Å². The second-order valence-corrected chi connectivity index (χ2v) is 3.51. The first kappa shape index (κ1) is 9.92. The molecule has 2 aromatic rings. The van der Waals surface area contributed by atoms with Gasteiger partial charge in [-0.15, -0.1) is 0 Å². The van der Waals surface area contributed by atoms with Crippen LogP contribution in [0.1, 0.15) is 17.7 Å². The summed E-state index contributed by atoms with van der Waals surface area (Å²) in [5.74, 6) is 1.93. The first-order valence-corrected chi connectivity index (χ1v) is 4.85. The number of aromatic nitrogens is 4. The molecule has 0 saturated heterocycles. The second kappa shape index (κ2) is 3.86. The van der Waals surface area contributed by atoms with E-state index in [0.717, 1.165) is 11.6 Å². The van der Waals surface area contributed by atoms with Crippen molar-refractivity contribution < 1.29 is 0 Å². The average molecular weight is 205 g/mol. The van der Waals surface area contributed by atoms with Crippen molar-refractivity contribution in [3.05, 3.63) is 36.4 Å². The van der Waals surface area contributed by atoms with E-state index in [4.69, 9.17) is 0 Å². The van der Waals surface area contributed by atoms with Crippen LogP contribution in [0.25, 0.3) is 0 Å². The fraction of sp³-hybridized carbons (Fsp3) is 0.400. The van der Waals surface area contributed by atoms with Crippen molar-refractivity contribution in [1.82, 2.24) is 24.4 Å². The van der Waals surface area contributed by atoms with E-state index in [1.165, 1.54) is 0 Å². The summed E-state index contributed by atoms with van der Waals surface area (Å²) in [5, 5.41) is 3.22. The molecule has 2 aromatic heterocycles. The number of hydrogen-bond donors (Lipinski definition) is 1. The van der Waals surface area contributed by atoms with Crippen molar-refractivity contribution in [2.24, 2.45) is 14.1 Å². The Morgan fingerprint density at radius 3 is 1.80 bits per heavy atom. The number of aryl methyl sites for hydroxylation is 2. The lowest BCUT2D eigenvalue weighted by Crippen LogP contribution is -2.24. The molecular formula is C10H15N5. The summed E-state index contributed by atoms with van der Waals surface area (Å²) >= 11 is 0. The molecule has 0 amide bonds. The largest absolute Gasteiger partial charge is 0.336 e. The summed E-state index contributed by atoms with van der Waals surface area (Å²) in [6, 6.07) is 0.0324. The van der Waals surface area contributed by atoms with E-state index in [1.54, 1.807) is 12.4 Å². The molecule has 0 aliphatic carbocycles. The standard InChI is InChI=1S/C10H15N5/c1-11-8(9-12-4-6-14(9)2)10-13-5-7-15(10)3/h4-8,11H,1-3H3. The summed E-state index contributed by atoms with van der Waals surface area (Å²) in [5.41, 5.74) is 0. The van der Waals surface area contributed by atoms with Gasteiger partial charge in [0.15, 0.2) is 0 Å². The van der Waals surface area contributed by atoms with Crippen LogP contribution in [0, 0.1) is 0 Å². The molecule has 0 spiro atoms. The molecule has 0 bridgehead atoms. The summed E-state index contributed by atoms with van der Waals surface area (Å²) in [7, 11) is 5.87. The van der Waals surface area contributed by atoms with Crippen LogP contribution >= 0.6 is 0 Å². The first-order chi connectivity index (χ1) is 7.24. The van der Waals surface area contributed by atoms with Crippen molar-refractivity contribution in [3.8, 4) is 0 Å². The highest BCUT2D eigenvalue weighted by Crippen LogP contribution is 2.17. The summed E-state index contributed by atoms with van der Waals surface area (Å²) in [4.78, 5) is 8.66. The van der Waals surface area contributed by atoms with Crippen LogP contribution in [-0.2, 0) is 14.1 Å². The molecule has 5 nitrogen and oxygen atoms in total. The zero-order valence-electron chi connectivity index (χ0n) is 9.18. The monoisotopic (exact) mass is 205 g/mol. The second-order valence-electron chi connectivity index (χ2n) is 3.51. The van der Waals surface area contributed by atoms with Crippen molar-refractivity contribution in [1.29, 1.82) is 0 Å². The van der Waals surface area contributed by atoms with Crippen LogP contribution in [0.2, 0.25) is 0 Å². The average Bonchev–Trinajstić information content (AvgIpc) is 2.80. The minimum atomic E-state index is 0.0324. The molecule has 2 heterocycles. The van der Waals surface area contributed by atoms with Crippen LogP contribution in [0.3, 0.4) is 0 Å². The van der Waals surface area contributed by atoms with Gasteiger partial charge in [-0.3, -0.25) is 0 Å². The molecule has 15 heavy (non-hydrogen) atoms. The topological polar surface area (TPSA) is 47.7 Å². The zero-order chi connectivity index (χ0) is 10.8. The number of imidazole rings is 2. The molecule has 0 radical (unpaired) electrons. The Bertz CT molecular complexity index is 402. The predicted octanol–water partition coefficient (Wildman–Crippen LogP) is 0.462. The van der Waals surface area contributed by atoms with E-state index in [-0.39, 0.29) is 6.04 Å². The molecule has 0 aliphatic heterocycles. The van der Waals surface area contributed by atoms with Crippen LogP contribution in [-0.4, -0.2) is 26.1 Å². The maximum absolute atomic E-state index is 4.33. The van der Waals surface area contributed by atoms with Crippen molar-refractivity contribution in [2.45, 2.75) is 6.04 Å². The van der Waals surface area contributed by atoms with Gasteiger partial charge in [0.25, 0.3) is 0 Å². The fourth-order valence-corrected chi connectivity index (χ4v) is 1.68. The van der Waals surface area contributed by atoms with Gasteiger partial charge in [0.05, 0.1) is 0 Å². The highest BCUT2D eigenvalue weighted by Gasteiger charge is 2.19. The van der Waals surface area contributed by atoms with Gasteiger partial charge in [0.2, 0.25) is 0 Å². The molecule has 0 atom stereocenters. The van der Waals surface area contributed by atoms with E-state index < -0.39 is 0 Å². The molecule has 0 unspecified atom stereocenters. The summed E-state index contributed by atoms with van der Waals surface area (Å²) in [6.07, 6.45) is 7.45. The van der Waals surface area contributed by atoms with E-state index in [1.807, 2.05) is 42.7 Å². The predicted molar refractivity (Wildman–Crippen MR) is 57.3 cm³/mol. The SMILES string of the molecule is CNC(c1nccn1C)c1nccn1C. The van der Waals surface area contributed by atoms with Crippen molar-refractivity contribution >= 4 is 0 Å². The number of nitrogens with zero attached hydrogens (tertiary/aromatic N) is 4. The lowest BCUT2D eigenvalue weighted by Gasteiger charge is -2.15. The van der Waals surface area contributed by atoms with Gasteiger partial charge in [-0.2, -0.15) is 0 Å². The Kier molecular flexibility index (Phi) is 2.55. The summed E-state index contributed by atoms with van der Waals surface area (Å²) < 4.78 is 3.99. The molecule has 2 rings (SSSR count). The molecule has 1 N–H and O–H groups in total. The van der Waals surface area contributed by atoms with Gasteiger partial charge in [0, 0.05) is 38.9 Å². The minimum Gasteiger partial charge on any atom is -0.336 e. The molecular weight excluding hydrogens is 190 g/mol. The molecule has 80 valence electrons. The van der Waals surface area contributed by atoms with Gasteiger partial charge in [0.1, 0.15) is 17.7 Å². The van der Waals surface area contributed by atoms with Crippen LogP contribution < -0.4 is 5.32 Å². The van der Waals surface area contributed by atoms with Crippen molar-refractivity contribution in [2.75, 3.05) is 7.05 Å². The third-order valence-electron chi connectivity index (χ3n) is 2.52. The third kappa shape index (κ3) is 1.66. The Morgan fingerprint density at radius 2 is 1.53 bits per heavy atom. The number of rotatable bonds is 3. The molecule has 5 heteroatoms. The van der Waals surface area contributed by atoms with Crippen LogP contribution in [0.15, 0.2) is 24.8 Å². The normalized spacial score (nSPS) is 11.2. The number of nitrogens with one attached hydrogen (secondary N) is 1. The Hall–Kier alpha value is -1.62. The first-order valence-electron chi connectivity index (χ1n) is 4.85. The van der Waals surface area contributed by atoms with Crippen LogP contribution in [0.4, 0.5) is 0 Å². The quantitative estimate of drug-likeness (QED) is 0.792. The van der Waals surface area contributed by atoms with Gasteiger partial charge in [-0.25, -0.2) is 9.97 Å². The smallest absolute Gasteiger partial charge is 0.133 e. The Balaban J connectivity index is 2.41. The highest BCUT2D eigenvalue weighted by molar-refractivity contribution is 5.12. The molecule has 0 fully saturated rings. The van der Waals surface area contributed by atoms with Gasteiger partial charge >= 0.3 is 0 Å². The highest BCUT2D eigenvalue weighted by atomic mass is 15.1. The van der Waals surface area contributed by atoms with E-state index in [0.29, 0.717) is 0 Å². The van der Waals surface area contributed by atoms with Gasteiger partial charge < -0.3 is 14.5 Å². The van der Waals surface area contributed by atoms with E-state index in [9.17, 15) is 0 Å². The molecule has 0 saturated carbocycles. The summed E-state index contributed by atoms with van der Waals surface area (Å²) in [6.45, 7) is 0. The Labute approximate surface area is 88.8 Å². The fourth-order valence-electron chi connectivity index (χ4n) is 1.68. The van der Waals surface area contributed by atoms with Gasteiger partial charge in [-0.05, 0) is 7.05 Å². The third-order valence-corrected chi connectivity index (χ3v) is 2.52. The minimum absolute atomic E-state index is 0.0324. The Morgan fingerprint density at radius 1 is 1.07 bits per heavy atom. The van der Waals surface area contributed by atoms with Crippen molar-refractivity contribution in [3.63, 3.8) is 0 Å².